The van der Waals surface area contributed by atoms with Gasteiger partial charge in [-0.1, -0.05) is 16.3 Å². The molecule has 7 heteroatoms. The van der Waals surface area contributed by atoms with Gasteiger partial charge in [-0.15, -0.1) is 0 Å². The molecule has 0 fully saturated rings. The van der Waals surface area contributed by atoms with Gasteiger partial charge in [0, 0.05) is 17.5 Å². The van der Waals surface area contributed by atoms with E-state index in [0.717, 1.165) is 11.7 Å². The van der Waals surface area contributed by atoms with E-state index in [4.69, 9.17) is 16.3 Å². The molecule has 2 aromatic rings. The first-order valence-corrected chi connectivity index (χ1v) is 8.35. The lowest BCUT2D eigenvalue weighted by Gasteiger charge is -2.42. The Bertz CT molecular complexity index is 804. The van der Waals surface area contributed by atoms with E-state index in [0.29, 0.717) is 16.3 Å². The molecule has 1 aliphatic rings. The molecular weight excluding hydrogens is 350 g/mol. The lowest BCUT2D eigenvalue weighted by atomic mass is 9.68. The summed E-state index contributed by atoms with van der Waals surface area (Å²) < 4.78 is 36.7. The molecule has 0 spiro atoms. The number of benzene rings is 1. The molecule has 0 radical (unpaired) electrons. The molecule has 25 heavy (non-hydrogen) atoms. The molecule has 4 nitrogen and oxygen atoms in total. The third kappa shape index (κ3) is 2.83. The Labute approximate surface area is 150 Å². The van der Waals surface area contributed by atoms with Gasteiger partial charge < -0.3 is 9.94 Å². The smallest absolute Gasteiger partial charge is 0.323 e. The molecule has 1 aromatic heterocycles. The van der Waals surface area contributed by atoms with Crippen LogP contribution >= 0.6 is 11.6 Å². The van der Waals surface area contributed by atoms with Crippen molar-refractivity contribution in [2.45, 2.75) is 38.2 Å². The second-order valence-corrected chi connectivity index (χ2v) is 7.02. The van der Waals surface area contributed by atoms with E-state index >= 15 is 8.78 Å². The standard InChI is InChI=1S/C18H19ClF2N2O2/c1-11(2)25-10-18(17(3,20)21)13-5-4-8-23(24)16(13)22-15-7-6-12(19)9-14(15)18/h4-9,11,24H,10H2,1-3H3/p+1. The zero-order chi connectivity index (χ0) is 18.4. The molecule has 3 rings (SSSR count). The second-order valence-electron chi connectivity index (χ2n) is 6.58. The summed E-state index contributed by atoms with van der Waals surface area (Å²) in [6.07, 6.45) is 1.15. The van der Waals surface area contributed by atoms with Gasteiger partial charge in [-0.25, -0.2) is 14.1 Å². The highest BCUT2D eigenvalue weighted by atomic mass is 35.5. The number of nitrogens with one attached hydrogen (secondary N) is 1. The molecule has 1 unspecified atom stereocenters. The summed E-state index contributed by atoms with van der Waals surface area (Å²) in [5.74, 6) is -2.99. The Balaban J connectivity index is 2.35. The summed E-state index contributed by atoms with van der Waals surface area (Å²) >= 11 is 6.11. The van der Waals surface area contributed by atoms with Crippen molar-refractivity contribution in [1.82, 2.24) is 0 Å². The lowest BCUT2D eigenvalue weighted by Crippen LogP contribution is -2.53. The summed E-state index contributed by atoms with van der Waals surface area (Å²) in [7, 11) is 0. The van der Waals surface area contributed by atoms with Gasteiger partial charge in [-0.3, -0.25) is 0 Å². The van der Waals surface area contributed by atoms with Gasteiger partial charge in [0.25, 0.3) is 5.92 Å². The monoisotopic (exact) mass is 369 g/mol. The minimum absolute atomic E-state index is 0.186. The van der Waals surface area contributed by atoms with Crippen molar-refractivity contribution in [2.75, 3.05) is 11.9 Å². The van der Waals surface area contributed by atoms with E-state index in [-0.39, 0.29) is 24.1 Å². The van der Waals surface area contributed by atoms with Crippen LogP contribution in [0, 0.1) is 0 Å². The number of hydrogen-bond acceptors (Lipinski definition) is 3. The minimum Gasteiger partial charge on any atom is -0.377 e. The highest BCUT2D eigenvalue weighted by Gasteiger charge is 2.59. The molecule has 0 saturated carbocycles. The van der Waals surface area contributed by atoms with Gasteiger partial charge in [-0.2, -0.15) is 0 Å². The van der Waals surface area contributed by atoms with E-state index in [1.807, 2.05) is 0 Å². The molecule has 2 heterocycles. The normalized spacial score (nSPS) is 19.3. The molecule has 0 aliphatic carbocycles. The maximum atomic E-state index is 15.1. The quantitative estimate of drug-likeness (QED) is 0.624. The lowest BCUT2D eigenvalue weighted by molar-refractivity contribution is -0.893. The summed E-state index contributed by atoms with van der Waals surface area (Å²) in [5.41, 5.74) is -0.740. The number of alkyl halides is 2. The minimum atomic E-state index is -3.17. The number of fused-ring (bicyclic) bond motifs is 2. The van der Waals surface area contributed by atoms with Crippen LogP contribution in [0.4, 0.5) is 20.3 Å². The maximum Gasteiger partial charge on any atom is 0.323 e. The van der Waals surface area contributed by atoms with Crippen molar-refractivity contribution in [3.05, 3.63) is 52.7 Å². The topological polar surface area (TPSA) is 45.4 Å². The van der Waals surface area contributed by atoms with Gasteiger partial charge in [0.1, 0.15) is 17.3 Å². The Morgan fingerprint density at radius 3 is 2.68 bits per heavy atom. The van der Waals surface area contributed by atoms with Gasteiger partial charge in [0.15, 0.2) is 0 Å². The fourth-order valence-corrected chi connectivity index (χ4v) is 3.44. The van der Waals surface area contributed by atoms with Crippen molar-refractivity contribution in [3.63, 3.8) is 0 Å². The first kappa shape index (κ1) is 17.9. The Morgan fingerprint density at radius 1 is 1.32 bits per heavy atom. The van der Waals surface area contributed by atoms with E-state index < -0.39 is 11.3 Å². The Hall–Kier alpha value is -1.92. The van der Waals surface area contributed by atoms with Crippen molar-refractivity contribution >= 4 is 23.1 Å². The predicted molar refractivity (Wildman–Crippen MR) is 91.0 cm³/mol. The zero-order valence-electron chi connectivity index (χ0n) is 14.2. The molecule has 0 saturated heterocycles. The molecule has 0 amide bonds. The van der Waals surface area contributed by atoms with Crippen molar-refractivity contribution in [2.24, 2.45) is 0 Å². The molecule has 0 bridgehead atoms. The average molecular weight is 370 g/mol. The van der Waals surface area contributed by atoms with Gasteiger partial charge in [0.2, 0.25) is 0 Å². The fraction of sp³-hybridized carbons (Fsp3) is 0.389. The molecule has 2 N–H and O–H groups in total. The number of pyridine rings is 1. The SMILES string of the molecule is CC(C)OCC1(C(C)(F)F)c2cc(Cl)ccc2Nc2c1ccc[n+]2O. The van der Waals surface area contributed by atoms with Crippen LogP contribution in [-0.2, 0) is 10.2 Å². The van der Waals surface area contributed by atoms with Gasteiger partial charge in [0.05, 0.1) is 18.3 Å². The van der Waals surface area contributed by atoms with Gasteiger partial charge >= 0.3 is 5.82 Å². The third-order valence-corrected chi connectivity index (χ3v) is 4.75. The third-order valence-electron chi connectivity index (χ3n) is 4.51. The number of aromatic nitrogens is 1. The van der Waals surface area contributed by atoms with Crippen LogP contribution in [-0.4, -0.2) is 23.8 Å². The highest BCUT2D eigenvalue weighted by molar-refractivity contribution is 6.30. The Kier molecular flexibility index (Phi) is 4.37. The summed E-state index contributed by atoms with van der Waals surface area (Å²) in [4.78, 5) is 0. The summed E-state index contributed by atoms with van der Waals surface area (Å²) in [5, 5.41) is 13.5. The van der Waals surface area contributed by atoms with Crippen LogP contribution < -0.4 is 10.0 Å². The number of hydrogen-bond donors (Lipinski definition) is 2. The first-order valence-electron chi connectivity index (χ1n) is 7.97. The number of ether oxygens (including phenoxy) is 1. The van der Waals surface area contributed by atoms with Crippen molar-refractivity contribution in [1.29, 1.82) is 0 Å². The first-order chi connectivity index (χ1) is 11.7. The Morgan fingerprint density at radius 2 is 2.04 bits per heavy atom. The van der Waals surface area contributed by atoms with Crippen LogP contribution in [0.15, 0.2) is 36.5 Å². The van der Waals surface area contributed by atoms with Crippen LogP contribution in [0.2, 0.25) is 5.02 Å². The number of anilines is 2. The van der Waals surface area contributed by atoms with Crippen LogP contribution in [0.25, 0.3) is 0 Å². The van der Waals surface area contributed by atoms with Crippen molar-refractivity contribution in [3.8, 4) is 0 Å². The summed E-state index contributed by atoms with van der Waals surface area (Å²) in [6, 6.07) is 7.86. The molecule has 1 aliphatic heterocycles. The van der Waals surface area contributed by atoms with E-state index in [9.17, 15) is 5.21 Å². The number of nitrogens with zero attached hydrogens (tertiary/aromatic N) is 1. The van der Waals surface area contributed by atoms with E-state index in [1.54, 1.807) is 32.0 Å². The second kappa shape index (κ2) is 6.11. The van der Waals surface area contributed by atoms with Crippen LogP contribution in [0.3, 0.4) is 0 Å². The summed E-state index contributed by atoms with van der Waals surface area (Å²) in [6.45, 7) is 4.20. The molecule has 1 atom stereocenters. The van der Waals surface area contributed by atoms with E-state index in [2.05, 4.69) is 5.32 Å². The molecule has 134 valence electrons. The maximum absolute atomic E-state index is 15.1. The van der Waals surface area contributed by atoms with Gasteiger partial charge in [-0.05, 0) is 44.2 Å². The zero-order valence-corrected chi connectivity index (χ0v) is 14.9. The van der Waals surface area contributed by atoms with Crippen LogP contribution in [0.5, 0.6) is 0 Å². The largest absolute Gasteiger partial charge is 0.377 e. The number of halogens is 3. The van der Waals surface area contributed by atoms with E-state index in [1.165, 1.54) is 18.3 Å². The molecule has 1 aromatic carbocycles. The highest BCUT2D eigenvalue weighted by Crippen LogP contribution is 2.53. The van der Waals surface area contributed by atoms with Crippen molar-refractivity contribution < 1.29 is 23.5 Å². The average Bonchev–Trinajstić information content (AvgIpc) is 2.51. The predicted octanol–water partition coefficient (Wildman–Crippen LogP) is 4.29. The number of rotatable bonds is 4. The fourth-order valence-electron chi connectivity index (χ4n) is 3.26. The molecular formula is C18H20ClF2N2O2+. The van der Waals surface area contributed by atoms with Crippen LogP contribution in [0.1, 0.15) is 31.9 Å².